The van der Waals surface area contributed by atoms with Gasteiger partial charge in [0.25, 0.3) is 11.4 Å². The van der Waals surface area contributed by atoms with Crippen LogP contribution in [-0.2, 0) is 0 Å². The fourth-order valence-electron chi connectivity index (χ4n) is 1.67. The highest BCUT2D eigenvalue weighted by Crippen LogP contribution is 2.15. The van der Waals surface area contributed by atoms with Gasteiger partial charge in [-0.3, -0.25) is 20.2 Å². The van der Waals surface area contributed by atoms with E-state index in [9.17, 15) is 25.0 Å². The molecule has 0 radical (unpaired) electrons. The number of nitrogens with zero attached hydrogens (tertiary/aromatic N) is 3. The zero-order valence-corrected chi connectivity index (χ0v) is 12.1. The second kappa shape index (κ2) is 7.45. The molecule has 0 bridgehead atoms. The monoisotopic (exact) mass is 329 g/mol. The molecule has 2 aromatic rings. The molecular formula is C14H11N5O5. The Morgan fingerprint density at radius 2 is 1.42 bits per heavy atom. The smallest absolute Gasteiger partial charge is 0.307 e. The summed E-state index contributed by atoms with van der Waals surface area (Å²) < 4.78 is 0. The normalized spacial score (nSPS) is 10.3. The van der Waals surface area contributed by atoms with Crippen molar-refractivity contribution in [1.82, 2.24) is 5.43 Å². The van der Waals surface area contributed by atoms with Gasteiger partial charge >= 0.3 is 6.03 Å². The van der Waals surface area contributed by atoms with Crippen LogP contribution in [0.25, 0.3) is 0 Å². The summed E-state index contributed by atoms with van der Waals surface area (Å²) in [5.74, 6) is 0. The third-order valence-electron chi connectivity index (χ3n) is 2.82. The SMILES string of the molecule is O=C(N/N=C/c1ccc([N+](=O)[O-])cc1)Nc1ccc([N+](=O)[O-])cc1. The van der Waals surface area contributed by atoms with E-state index < -0.39 is 15.9 Å². The Hall–Kier alpha value is -3.82. The third-order valence-corrected chi connectivity index (χ3v) is 2.82. The number of rotatable bonds is 5. The average molecular weight is 329 g/mol. The van der Waals surface area contributed by atoms with E-state index in [1.54, 1.807) is 0 Å². The molecule has 0 unspecified atom stereocenters. The van der Waals surface area contributed by atoms with E-state index in [2.05, 4.69) is 15.8 Å². The molecule has 10 nitrogen and oxygen atoms in total. The van der Waals surface area contributed by atoms with Crippen molar-refractivity contribution in [1.29, 1.82) is 0 Å². The molecule has 10 heteroatoms. The van der Waals surface area contributed by atoms with E-state index in [0.717, 1.165) is 0 Å². The van der Waals surface area contributed by atoms with Crippen molar-refractivity contribution in [2.24, 2.45) is 5.10 Å². The van der Waals surface area contributed by atoms with Crippen molar-refractivity contribution in [3.05, 3.63) is 74.3 Å². The Balaban J connectivity index is 1.88. The summed E-state index contributed by atoms with van der Waals surface area (Å²) >= 11 is 0. The third kappa shape index (κ3) is 4.59. The lowest BCUT2D eigenvalue weighted by atomic mass is 10.2. The van der Waals surface area contributed by atoms with Crippen LogP contribution in [0.3, 0.4) is 0 Å². The van der Waals surface area contributed by atoms with Gasteiger partial charge < -0.3 is 5.32 Å². The van der Waals surface area contributed by atoms with Gasteiger partial charge in [-0.15, -0.1) is 0 Å². The zero-order valence-electron chi connectivity index (χ0n) is 12.1. The first-order valence-electron chi connectivity index (χ1n) is 6.54. The van der Waals surface area contributed by atoms with Gasteiger partial charge in [-0.1, -0.05) is 0 Å². The zero-order chi connectivity index (χ0) is 17.5. The average Bonchev–Trinajstić information content (AvgIpc) is 2.55. The van der Waals surface area contributed by atoms with Crippen molar-refractivity contribution in [3.8, 4) is 0 Å². The number of nitro groups is 2. The van der Waals surface area contributed by atoms with Crippen LogP contribution < -0.4 is 10.7 Å². The van der Waals surface area contributed by atoms with Gasteiger partial charge in [0.15, 0.2) is 0 Å². The number of non-ortho nitro benzene ring substituents is 2. The highest BCUT2D eigenvalue weighted by molar-refractivity contribution is 5.90. The van der Waals surface area contributed by atoms with Crippen molar-refractivity contribution < 1.29 is 14.6 Å². The largest absolute Gasteiger partial charge is 0.339 e. The highest BCUT2D eigenvalue weighted by atomic mass is 16.6. The minimum absolute atomic E-state index is 0.0453. The van der Waals surface area contributed by atoms with Crippen LogP contribution in [0, 0.1) is 20.2 Å². The molecule has 0 fully saturated rings. The number of hydrazone groups is 1. The van der Waals surface area contributed by atoms with Crippen molar-refractivity contribution in [2.45, 2.75) is 0 Å². The summed E-state index contributed by atoms with van der Waals surface area (Å²) in [6.07, 6.45) is 1.32. The number of urea groups is 1. The Labute approximate surface area is 135 Å². The number of benzene rings is 2. The quantitative estimate of drug-likeness (QED) is 0.493. The molecule has 0 aromatic heterocycles. The van der Waals surface area contributed by atoms with Gasteiger partial charge in [0.05, 0.1) is 16.1 Å². The van der Waals surface area contributed by atoms with Crippen LogP contribution in [0.1, 0.15) is 5.56 Å². The summed E-state index contributed by atoms with van der Waals surface area (Å²) in [6.45, 7) is 0. The standard InChI is InChI=1S/C14H11N5O5/c20-14(16-11-3-7-13(8-4-11)19(23)24)17-15-9-10-1-5-12(6-2-10)18(21)22/h1-9H,(H2,16,17,20)/b15-9+. The molecule has 122 valence electrons. The van der Waals surface area contributed by atoms with E-state index in [0.29, 0.717) is 11.3 Å². The van der Waals surface area contributed by atoms with Gasteiger partial charge in [-0.25, -0.2) is 10.2 Å². The van der Waals surface area contributed by atoms with E-state index in [1.165, 1.54) is 54.7 Å². The summed E-state index contributed by atoms with van der Waals surface area (Å²) in [5.41, 5.74) is 3.01. The molecule has 0 aliphatic carbocycles. The van der Waals surface area contributed by atoms with E-state index >= 15 is 0 Å². The fourth-order valence-corrected chi connectivity index (χ4v) is 1.67. The molecule has 2 N–H and O–H groups in total. The number of carbonyl (C=O) groups excluding carboxylic acids is 1. The summed E-state index contributed by atoms with van der Waals surface area (Å²) in [7, 11) is 0. The Morgan fingerprint density at radius 3 is 1.92 bits per heavy atom. The Bertz CT molecular complexity index is 786. The Kier molecular flexibility index (Phi) is 5.13. The number of amides is 2. The lowest BCUT2D eigenvalue weighted by Crippen LogP contribution is -2.24. The second-order valence-corrected chi connectivity index (χ2v) is 4.48. The van der Waals surface area contributed by atoms with Crippen LogP contribution in [-0.4, -0.2) is 22.1 Å². The number of carbonyl (C=O) groups is 1. The maximum atomic E-state index is 11.6. The summed E-state index contributed by atoms with van der Waals surface area (Å²) in [5, 5.41) is 27.2. The molecule has 0 aliphatic rings. The number of hydrogen-bond acceptors (Lipinski definition) is 6. The maximum absolute atomic E-state index is 11.6. The molecule has 24 heavy (non-hydrogen) atoms. The first kappa shape index (κ1) is 16.5. The minimum Gasteiger partial charge on any atom is -0.307 e. The predicted octanol–water partition coefficient (Wildman–Crippen LogP) is 2.66. The van der Waals surface area contributed by atoms with Gasteiger partial charge in [-0.2, -0.15) is 5.10 Å². The van der Waals surface area contributed by atoms with Gasteiger partial charge in [0.1, 0.15) is 0 Å². The highest BCUT2D eigenvalue weighted by Gasteiger charge is 2.06. The molecule has 0 heterocycles. The molecular weight excluding hydrogens is 318 g/mol. The van der Waals surface area contributed by atoms with E-state index in [4.69, 9.17) is 0 Å². The van der Waals surface area contributed by atoms with Crippen molar-refractivity contribution >= 4 is 29.3 Å². The minimum atomic E-state index is -0.637. The van der Waals surface area contributed by atoms with Crippen LogP contribution in [0.4, 0.5) is 21.9 Å². The first-order valence-corrected chi connectivity index (χ1v) is 6.54. The summed E-state index contributed by atoms with van der Waals surface area (Å²) in [6, 6.07) is 10.3. The lowest BCUT2D eigenvalue weighted by molar-refractivity contribution is -0.385. The van der Waals surface area contributed by atoms with Crippen LogP contribution >= 0.6 is 0 Å². The fraction of sp³-hybridized carbons (Fsp3) is 0. The molecule has 0 saturated carbocycles. The number of nitrogens with one attached hydrogen (secondary N) is 2. The molecule has 2 rings (SSSR count). The number of anilines is 1. The van der Waals surface area contributed by atoms with Gasteiger partial charge in [0, 0.05) is 30.0 Å². The lowest BCUT2D eigenvalue weighted by Gasteiger charge is -2.03. The van der Waals surface area contributed by atoms with Gasteiger partial charge in [-0.05, 0) is 29.8 Å². The molecule has 2 aromatic carbocycles. The summed E-state index contributed by atoms with van der Waals surface area (Å²) in [4.78, 5) is 31.6. The topological polar surface area (TPSA) is 140 Å². The first-order chi connectivity index (χ1) is 11.5. The maximum Gasteiger partial charge on any atom is 0.339 e. The molecule has 0 atom stereocenters. The van der Waals surface area contributed by atoms with Crippen LogP contribution in [0.5, 0.6) is 0 Å². The molecule has 0 saturated heterocycles. The Morgan fingerprint density at radius 1 is 0.917 bits per heavy atom. The van der Waals surface area contributed by atoms with Gasteiger partial charge in [0.2, 0.25) is 0 Å². The van der Waals surface area contributed by atoms with E-state index in [-0.39, 0.29) is 11.4 Å². The van der Waals surface area contributed by atoms with Crippen molar-refractivity contribution in [2.75, 3.05) is 5.32 Å². The molecule has 0 aliphatic heterocycles. The van der Waals surface area contributed by atoms with Crippen LogP contribution in [0.15, 0.2) is 53.6 Å². The molecule has 2 amide bonds. The second-order valence-electron chi connectivity index (χ2n) is 4.48. The number of hydrogen-bond donors (Lipinski definition) is 2. The van der Waals surface area contributed by atoms with E-state index in [1.807, 2.05) is 0 Å². The molecule has 0 spiro atoms. The van der Waals surface area contributed by atoms with Crippen LogP contribution in [0.2, 0.25) is 0 Å². The number of nitro benzene ring substituents is 2. The predicted molar refractivity (Wildman–Crippen MR) is 85.9 cm³/mol. The van der Waals surface area contributed by atoms with Crippen molar-refractivity contribution in [3.63, 3.8) is 0 Å².